The van der Waals surface area contributed by atoms with Gasteiger partial charge in [0.1, 0.15) is 23.0 Å². The molecule has 0 aromatic heterocycles. The first-order chi connectivity index (χ1) is 25.5. The first-order valence-electron chi connectivity index (χ1n) is 15.8. The van der Waals surface area contributed by atoms with E-state index in [1.807, 2.05) is 0 Å². The van der Waals surface area contributed by atoms with Crippen LogP contribution in [-0.2, 0) is 28.5 Å². The summed E-state index contributed by atoms with van der Waals surface area (Å²) in [6.45, 7) is 6.84. The van der Waals surface area contributed by atoms with Crippen molar-refractivity contribution in [3.63, 3.8) is 0 Å². The minimum Gasteiger partial charge on any atom is -0.463 e. The van der Waals surface area contributed by atoms with Crippen LogP contribution in [0.4, 0.5) is 18.4 Å². The third kappa shape index (κ3) is 14.7. The van der Waals surface area contributed by atoms with E-state index in [2.05, 4.69) is 13.2 Å². The van der Waals surface area contributed by atoms with Gasteiger partial charge in [0.2, 0.25) is 0 Å². The molecule has 3 aromatic rings. The van der Waals surface area contributed by atoms with E-state index in [4.69, 9.17) is 37.9 Å². The molecule has 0 aliphatic rings. The molecule has 0 spiro atoms. The SMILES string of the molecule is C=CC(=O)OCCCCOC(=O)Oc1ccc(C(=O)Oc2ccc(OC(=O)c3ccc(OC(=O)OCCCCOC(=O)C=C)cc3)c(C(F)F)c2)cc1. The first-order valence-corrected chi connectivity index (χ1v) is 15.8. The van der Waals surface area contributed by atoms with Crippen LogP contribution in [-0.4, -0.2) is 62.6 Å². The maximum Gasteiger partial charge on any atom is 0.513 e. The largest absolute Gasteiger partial charge is 0.513 e. The summed E-state index contributed by atoms with van der Waals surface area (Å²) in [5, 5.41) is 0. The van der Waals surface area contributed by atoms with Gasteiger partial charge >= 0.3 is 36.2 Å². The third-order valence-corrected chi connectivity index (χ3v) is 6.55. The van der Waals surface area contributed by atoms with Gasteiger partial charge in [-0.2, -0.15) is 0 Å². The lowest BCUT2D eigenvalue weighted by Crippen LogP contribution is -2.13. The Morgan fingerprint density at radius 1 is 0.528 bits per heavy atom. The van der Waals surface area contributed by atoms with Crippen molar-refractivity contribution in [2.75, 3.05) is 26.4 Å². The maximum atomic E-state index is 13.9. The monoisotopic (exact) mass is 740 g/mol. The van der Waals surface area contributed by atoms with Crippen molar-refractivity contribution in [1.29, 1.82) is 0 Å². The molecule has 0 saturated carbocycles. The topological polar surface area (TPSA) is 176 Å². The van der Waals surface area contributed by atoms with Gasteiger partial charge in [-0.25, -0.2) is 37.5 Å². The Kier molecular flexibility index (Phi) is 16.6. The highest BCUT2D eigenvalue weighted by Crippen LogP contribution is 2.33. The molecule has 0 unspecified atom stereocenters. The normalized spacial score (nSPS) is 10.3. The Hall–Kier alpha value is -6.58. The Morgan fingerprint density at radius 3 is 1.34 bits per heavy atom. The van der Waals surface area contributed by atoms with Crippen LogP contribution >= 0.6 is 0 Å². The second kappa shape index (κ2) is 21.6. The van der Waals surface area contributed by atoms with Crippen molar-refractivity contribution in [2.45, 2.75) is 32.1 Å². The summed E-state index contributed by atoms with van der Waals surface area (Å²) in [6.07, 6.45) is -1.34. The number of rotatable bonds is 19. The van der Waals surface area contributed by atoms with Crippen molar-refractivity contribution in [3.05, 3.63) is 109 Å². The number of unbranched alkanes of at least 4 members (excludes halogenated alkanes) is 2. The summed E-state index contributed by atoms with van der Waals surface area (Å²) in [5.74, 6) is -3.70. The van der Waals surface area contributed by atoms with Crippen molar-refractivity contribution in [1.82, 2.24) is 0 Å². The van der Waals surface area contributed by atoms with Crippen LogP contribution in [0.25, 0.3) is 0 Å². The van der Waals surface area contributed by atoms with Crippen molar-refractivity contribution in [3.8, 4) is 23.0 Å². The Balaban J connectivity index is 1.47. The number of alkyl halides is 2. The maximum absolute atomic E-state index is 13.9. The van der Waals surface area contributed by atoms with E-state index >= 15 is 0 Å². The first kappa shape index (κ1) is 40.8. The van der Waals surface area contributed by atoms with Crippen LogP contribution in [0.1, 0.15) is 58.4 Å². The second-order valence-electron chi connectivity index (χ2n) is 10.4. The van der Waals surface area contributed by atoms with E-state index in [0.29, 0.717) is 25.7 Å². The molecule has 0 saturated heterocycles. The van der Waals surface area contributed by atoms with Gasteiger partial charge < -0.3 is 37.9 Å². The molecule has 14 nitrogen and oxygen atoms in total. The van der Waals surface area contributed by atoms with Gasteiger partial charge in [-0.15, -0.1) is 0 Å². The highest BCUT2D eigenvalue weighted by molar-refractivity contribution is 5.92. The quantitative estimate of drug-likeness (QED) is 0.0303. The summed E-state index contributed by atoms with van der Waals surface area (Å²) < 4.78 is 67.7. The van der Waals surface area contributed by atoms with E-state index in [1.165, 1.54) is 48.5 Å². The van der Waals surface area contributed by atoms with Crippen molar-refractivity contribution >= 4 is 36.2 Å². The average molecular weight is 741 g/mol. The predicted octanol–water partition coefficient (Wildman–Crippen LogP) is 7.11. The summed E-state index contributed by atoms with van der Waals surface area (Å²) in [4.78, 5) is 71.1. The standard InChI is InChI=1S/C37H34F2O14/c1-3-31(40)46-19-5-7-21-48-36(44)51-26-13-9-24(10-14-26)34(42)50-28-17-18-30(29(23-28)33(38)39)53-35(43)25-11-15-27(16-12-25)52-37(45)49-22-8-6-20-47-32(41)4-2/h3-4,9-18,23,33H,1-2,5-8,19-22H2. The molecular weight excluding hydrogens is 706 g/mol. The smallest absolute Gasteiger partial charge is 0.463 e. The molecule has 0 bridgehead atoms. The zero-order valence-electron chi connectivity index (χ0n) is 28.1. The van der Waals surface area contributed by atoms with E-state index in [0.717, 1.165) is 30.4 Å². The van der Waals surface area contributed by atoms with E-state index in [-0.39, 0.29) is 54.8 Å². The molecule has 0 fully saturated rings. The van der Waals surface area contributed by atoms with E-state index in [1.54, 1.807) is 0 Å². The summed E-state index contributed by atoms with van der Waals surface area (Å²) in [5.41, 5.74) is -0.788. The lowest BCUT2D eigenvalue weighted by molar-refractivity contribution is -0.138. The number of esters is 4. The molecule has 0 radical (unpaired) electrons. The molecule has 16 heteroatoms. The molecule has 0 N–H and O–H groups in total. The average Bonchev–Trinajstić information content (AvgIpc) is 3.15. The molecule has 53 heavy (non-hydrogen) atoms. The Morgan fingerprint density at radius 2 is 0.925 bits per heavy atom. The highest BCUT2D eigenvalue weighted by Gasteiger charge is 2.21. The summed E-state index contributed by atoms with van der Waals surface area (Å²) >= 11 is 0. The molecular formula is C37H34F2O14. The fourth-order valence-corrected chi connectivity index (χ4v) is 3.93. The number of halogens is 2. The number of hydrogen-bond acceptors (Lipinski definition) is 14. The van der Waals surface area contributed by atoms with Crippen molar-refractivity contribution in [2.24, 2.45) is 0 Å². The van der Waals surface area contributed by atoms with E-state index in [9.17, 15) is 37.5 Å². The molecule has 3 aromatic carbocycles. The van der Waals surface area contributed by atoms with Gasteiger partial charge in [-0.1, -0.05) is 13.2 Å². The molecule has 0 atom stereocenters. The second-order valence-corrected chi connectivity index (χ2v) is 10.4. The molecule has 0 aliphatic heterocycles. The van der Waals surface area contributed by atoms with Gasteiger partial charge in [0.15, 0.2) is 0 Å². The summed E-state index contributed by atoms with van der Waals surface area (Å²) in [6, 6.07) is 13.2. The van der Waals surface area contributed by atoms with Crippen LogP contribution < -0.4 is 18.9 Å². The lowest BCUT2D eigenvalue weighted by Gasteiger charge is -2.12. The third-order valence-electron chi connectivity index (χ3n) is 6.55. The van der Waals surface area contributed by atoms with E-state index < -0.39 is 53.9 Å². The van der Waals surface area contributed by atoms with Crippen LogP contribution in [0, 0.1) is 0 Å². The fourth-order valence-electron chi connectivity index (χ4n) is 3.93. The minimum absolute atomic E-state index is 0.00155. The zero-order chi connectivity index (χ0) is 38.6. The van der Waals surface area contributed by atoms with Crippen molar-refractivity contribution < 1.29 is 75.4 Å². The molecule has 280 valence electrons. The summed E-state index contributed by atoms with van der Waals surface area (Å²) in [7, 11) is 0. The number of hydrogen-bond donors (Lipinski definition) is 0. The zero-order valence-corrected chi connectivity index (χ0v) is 28.1. The molecule has 0 heterocycles. The minimum atomic E-state index is -3.12. The van der Waals surface area contributed by atoms with Crippen LogP contribution in [0.5, 0.6) is 23.0 Å². The van der Waals surface area contributed by atoms with Crippen LogP contribution in [0.15, 0.2) is 92.0 Å². The fraction of sp³-hybridized carbons (Fsp3) is 0.243. The number of ether oxygens (including phenoxy) is 8. The van der Waals surface area contributed by atoms with Gasteiger partial charge in [0, 0.05) is 12.2 Å². The highest BCUT2D eigenvalue weighted by atomic mass is 19.3. The lowest BCUT2D eigenvalue weighted by atomic mass is 10.1. The van der Waals surface area contributed by atoms with Gasteiger partial charge in [0.05, 0.1) is 43.1 Å². The van der Waals surface area contributed by atoms with Gasteiger partial charge in [0.25, 0.3) is 6.43 Å². The van der Waals surface area contributed by atoms with Crippen LogP contribution in [0.2, 0.25) is 0 Å². The van der Waals surface area contributed by atoms with Gasteiger partial charge in [-0.05, 0) is 92.4 Å². The number of carbonyl (C=O) groups excluding carboxylic acids is 6. The number of carbonyl (C=O) groups is 6. The number of benzene rings is 3. The molecule has 3 rings (SSSR count). The Labute approximate surface area is 301 Å². The Bertz CT molecular complexity index is 1750. The molecule has 0 aliphatic carbocycles. The molecule has 0 amide bonds. The van der Waals surface area contributed by atoms with Gasteiger partial charge in [-0.3, -0.25) is 0 Å². The predicted molar refractivity (Wildman–Crippen MR) is 179 cm³/mol. The van der Waals surface area contributed by atoms with Crippen LogP contribution in [0.3, 0.4) is 0 Å².